The number of ether oxygens (including phenoxy) is 2. The first kappa shape index (κ1) is 24.7. The minimum absolute atomic E-state index is 0.0340. The molecule has 3 unspecified atom stereocenters. The molecular formula is C24H30N2O6S. The zero-order valence-electron chi connectivity index (χ0n) is 19.5. The van der Waals surface area contributed by atoms with Gasteiger partial charge in [0.15, 0.2) is 6.10 Å². The number of aryl methyl sites for hydroxylation is 2. The van der Waals surface area contributed by atoms with Gasteiger partial charge in [-0.2, -0.15) is 0 Å². The Hall–Kier alpha value is -2.91. The maximum atomic E-state index is 13.0. The van der Waals surface area contributed by atoms with Crippen molar-refractivity contribution in [3.05, 3.63) is 59.2 Å². The fourth-order valence-electron chi connectivity index (χ4n) is 3.83. The Kier molecular flexibility index (Phi) is 7.44. The first-order valence-electron chi connectivity index (χ1n) is 10.8. The molecule has 1 heterocycles. The summed E-state index contributed by atoms with van der Waals surface area (Å²) in [5.41, 5.74) is 1.86. The number of amides is 1. The molecular weight excluding hydrogens is 444 g/mol. The summed E-state index contributed by atoms with van der Waals surface area (Å²) in [5.74, 6) is -1.08. The van der Waals surface area contributed by atoms with Crippen LogP contribution in [0.2, 0.25) is 0 Å². The third-order valence-electron chi connectivity index (χ3n) is 5.35. The van der Waals surface area contributed by atoms with Crippen molar-refractivity contribution in [1.82, 2.24) is 4.90 Å². The predicted molar refractivity (Wildman–Crippen MR) is 125 cm³/mol. The number of carbonyl (C=O) groups excluding carboxylic acids is 2. The standard InChI is InChI=1S/C24H30N2O6S/c1-15-7-6-8-21(11-15)25-33(29,30)22-12-20(10-9-16(22)2)24(28)32-19(5)23(27)26-13-17(3)31-18(4)14-26/h6-12,17-19,25H,13-14H2,1-5H3. The number of rotatable bonds is 6. The van der Waals surface area contributed by atoms with Gasteiger partial charge in [-0.1, -0.05) is 18.2 Å². The molecule has 1 amide bonds. The minimum atomic E-state index is -3.94. The Labute approximate surface area is 194 Å². The van der Waals surface area contributed by atoms with Gasteiger partial charge in [-0.15, -0.1) is 0 Å². The predicted octanol–water partition coefficient (Wildman–Crippen LogP) is 3.29. The number of carbonyl (C=O) groups is 2. The minimum Gasteiger partial charge on any atom is -0.449 e. The lowest BCUT2D eigenvalue weighted by atomic mass is 10.1. The highest BCUT2D eigenvalue weighted by Crippen LogP contribution is 2.22. The number of nitrogens with zero attached hydrogens (tertiary/aromatic N) is 1. The van der Waals surface area contributed by atoms with Crippen molar-refractivity contribution in [2.45, 2.75) is 57.8 Å². The quantitative estimate of drug-likeness (QED) is 0.645. The average Bonchev–Trinajstić information content (AvgIpc) is 2.72. The largest absolute Gasteiger partial charge is 0.449 e. The first-order chi connectivity index (χ1) is 15.5. The van der Waals surface area contributed by atoms with Crippen LogP contribution >= 0.6 is 0 Å². The van der Waals surface area contributed by atoms with E-state index in [1.807, 2.05) is 26.8 Å². The lowest BCUT2D eigenvalue weighted by Crippen LogP contribution is -2.51. The molecule has 0 radical (unpaired) electrons. The number of anilines is 1. The molecule has 2 aromatic rings. The van der Waals surface area contributed by atoms with Gasteiger partial charge in [0.25, 0.3) is 15.9 Å². The molecule has 3 atom stereocenters. The Bertz CT molecular complexity index is 1140. The lowest BCUT2D eigenvalue weighted by molar-refractivity contribution is -0.151. The average molecular weight is 475 g/mol. The molecule has 1 N–H and O–H groups in total. The van der Waals surface area contributed by atoms with Crippen LogP contribution in [0.1, 0.15) is 42.3 Å². The molecule has 3 rings (SSSR count). The van der Waals surface area contributed by atoms with Crippen molar-refractivity contribution in [3.8, 4) is 0 Å². The smallest absolute Gasteiger partial charge is 0.338 e. The zero-order chi connectivity index (χ0) is 24.3. The Morgan fingerprint density at radius 2 is 1.76 bits per heavy atom. The molecule has 0 aliphatic carbocycles. The summed E-state index contributed by atoms with van der Waals surface area (Å²) in [6.07, 6.45) is -1.22. The molecule has 0 aromatic heterocycles. The van der Waals surface area contributed by atoms with Gasteiger partial charge in [0, 0.05) is 18.8 Å². The summed E-state index contributed by atoms with van der Waals surface area (Å²) in [6, 6.07) is 11.3. The second-order valence-corrected chi connectivity index (χ2v) is 10.2. The maximum absolute atomic E-state index is 13.0. The van der Waals surface area contributed by atoms with E-state index < -0.39 is 22.1 Å². The van der Waals surface area contributed by atoms with Crippen LogP contribution in [0, 0.1) is 13.8 Å². The van der Waals surface area contributed by atoms with E-state index in [9.17, 15) is 18.0 Å². The van der Waals surface area contributed by atoms with Crippen molar-refractivity contribution >= 4 is 27.6 Å². The van der Waals surface area contributed by atoms with Gasteiger partial charge in [-0.05, 0) is 70.0 Å². The Balaban J connectivity index is 1.75. The Morgan fingerprint density at radius 3 is 2.39 bits per heavy atom. The fraction of sp³-hybridized carbons (Fsp3) is 0.417. The molecule has 9 heteroatoms. The first-order valence-corrected chi connectivity index (χ1v) is 12.3. The Morgan fingerprint density at radius 1 is 1.09 bits per heavy atom. The molecule has 178 valence electrons. The highest BCUT2D eigenvalue weighted by molar-refractivity contribution is 7.92. The van der Waals surface area contributed by atoms with Crippen molar-refractivity contribution < 1.29 is 27.5 Å². The number of esters is 1. The van der Waals surface area contributed by atoms with Crippen LogP contribution in [0.4, 0.5) is 5.69 Å². The molecule has 0 bridgehead atoms. The van der Waals surface area contributed by atoms with E-state index in [-0.39, 0.29) is 28.6 Å². The zero-order valence-corrected chi connectivity index (χ0v) is 20.3. The molecule has 0 spiro atoms. The molecule has 0 saturated carbocycles. The fourth-order valence-corrected chi connectivity index (χ4v) is 5.15. The monoisotopic (exact) mass is 474 g/mol. The van der Waals surface area contributed by atoms with Crippen LogP contribution in [0.3, 0.4) is 0 Å². The number of morpholine rings is 1. The topological polar surface area (TPSA) is 102 Å². The van der Waals surface area contributed by atoms with Crippen molar-refractivity contribution in [2.75, 3.05) is 17.8 Å². The van der Waals surface area contributed by atoms with E-state index in [1.54, 1.807) is 36.1 Å². The third-order valence-corrected chi connectivity index (χ3v) is 6.87. The SMILES string of the molecule is Cc1cccc(NS(=O)(=O)c2cc(C(=O)OC(C)C(=O)N3CC(C)OC(C)C3)ccc2C)c1. The summed E-state index contributed by atoms with van der Waals surface area (Å²) >= 11 is 0. The molecule has 1 fully saturated rings. The van der Waals surface area contributed by atoms with E-state index in [1.165, 1.54) is 19.1 Å². The summed E-state index contributed by atoms with van der Waals surface area (Å²) in [6.45, 7) is 9.62. The van der Waals surface area contributed by atoms with Gasteiger partial charge >= 0.3 is 5.97 Å². The number of hydrogen-bond acceptors (Lipinski definition) is 6. The van der Waals surface area contributed by atoms with Crippen LogP contribution in [-0.4, -0.2) is 56.6 Å². The van der Waals surface area contributed by atoms with Crippen LogP contribution in [0.25, 0.3) is 0 Å². The molecule has 1 saturated heterocycles. The summed E-state index contributed by atoms with van der Waals surface area (Å²) in [5, 5.41) is 0. The van der Waals surface area contributed by atoms with Crippen molar-refractivity contribution in [3.63, 3.8) is 0 Å². The van der Waals surface area contributed by atoms with Crippen LogP contribution in [0.5, 0.6) is 0 Å². The van der Waals surface area contributed by atoms with Crippen LogP contribution < -0.4 is 4.72 Å². The normalized spacial score (nSPS) is 19.6. The van der Waals surface area contributed by atoms with Crippen LogP contribution in [0.15, 0.2) is 47.4 Å². The van der Waals surface area contributed by atoms with Gasteiger partial charge in [-0.3, -0.25) is 9.52 Å². The van der Waals surface area contributed by atoms with Crippen molar-refractivity contribution in [2.24, 2.45) is 0 Å². The second kappa shape index (κ2) is 9.93. The highest BCUT2D eigenvalue weighted by atomic mass is 32.2. The summed E-state index contributed by atoms with van der Waals surface area (Å²) in [7, 11) is -3.94. The lowest BCUT2D eigenvalue weighted by Gasteiger charge is -2.36. The van der Waals surface area contributed by atoms with E-state index in [0.29, 0.717) is 24.3 Å². The maximum Gasteiger partial charge on any atom is 0.338 e. The number of nitrogens with one attached hydrogen (secondary N) is 1. The second-order valence-electron chi connectivity index (χ2n) is 8.50. The molecule has 2 aromatic carbocycles. The molecule has 33 heavy (non-hydrogen) atoms. The van der Waals surface area contributed by atoms with Crippen LogP contribution in [-0.2, 0) is 24.3 Å². The molecule has 1 aliphatic rings. The van der Waals surface area contributed by atoms with E-state index in [2.05, 4.69) is 4.72 Å². The molecule has 1 aliphatic heterocycles. The summed E-state index contributed by atoms with van der Waals surface area (Å²) in [4.78, 5) is 27.1. The van der Waals surface area contributed by atoms with Gasteiger partial charge < -0.3 is 14.4 Å². The molecule has 8 nitrogen and oxygen atoms in total. The highest BCUT2D eigenvalue weighted by Gasteiger charge is 2.31. The third kappa shape index (κ3) is 6.11. The van der Waals surface area contributed by atoms with Gasteiger partial charge in [0.1, 0.15) is 0 Å². The van der Waals surface area contributed by atoms with Crippen molar-refractivity contribution in [1.29, 1.82) is 0 Å². The van der Waals surface area contributed by atoms with Gasteiger partial charge in [0.05, 0.1) is 22.7 Å². The van der Waals surface area contributed by atoms with E-state index in [4.69, 9.17) is 9.47 Å². The number of hydrogen-bond donors (Lipinski definition) is 1. The number of benzene rings is 2. The summed E-state index contributed by atoms with van der Waals surface area (Å²) < 4.78 is 39.5. The van der Waals surface area contributed by atoms with E-state index in [0.717, 1.165) is 5.56 Å². The van der Waals surface area contributed by atoms with Gasteiger partial charge in [-0.25, -0.2) is 13.2 Å². The number of sulfonamides is 1. The van der Waals surface area contributed by atoms with E-state index >= 15 is 0 Å². The van der Waals surface area contributed by atoms with Gasteiger partial charge in [0.2, 0.25) is 0 Å².